The van der Waals surface area contributed by atoms with E-state index in [0.29, 0.717) is 30.6 Å². The Morgan fingerprint density at radius 1 is 1.04 bits per heavy atom. The van der Waals surface area contributed by atoms with Gasteiger partial charge in [0.2, 0.25) is 5.76 Å². The molecule has 3 aromatic rings. The van der Waals surface area contributed by atoms with Crippen LogP contribution in [0.3, 0.4) is 0 Å². The number of carbonyl (C=O) groups is 1. The Bertz CT molecular complexity index is 937. The first-order valence-electron chi connectivity index (χ1n) is 9.12. The third-order valence-corrected chi connectivity index (χ3v) is 4.90. The molecule has 2 aromatic carbocycles. The maximum Gasteiger partial charge on any atom is 0.292 e. The molecule has 1 aliphatic rings. The minimum Gasteiger partial charge on any atom is -0.471 e. The van der Waals surface area contributed by atoms with Gasteiger partial charge in [0.15, 0.2) is 0 Å². The van der Waals surface area contributed by atoms with Crippen LogP contribution in [0.1, 0.15) is 16.1 Å². The Hall–Kier alpha value is -2.99. The van der Waals surface area contributed by atoms with E-state index in [0.717, 1.165) is 24.3 Å². The van der Waals surface area contributed by atoms with Crippen LogP contribution in [-0.4, -0.2) is 42.1 Å². The Labute approximate surface area is 168 Å². The lowest BCUT2D eigenvalue weighted by Gasteiger charge is -2.35. The van der Waals surface area contributed by atoms with Crippen LogP contribution in [0.4, 0.5) is 5.69 Å². The van der Waals surface area contributed by atoms with E-state index >= 15 is 0 Å². The fourth-order valence-corrected chi connectivity index (χ4v) is 3.34. The highest BCUT2D eigenvalue weighted by atomic mass is 35.5. The van der Waals surface area contributed by atoms with Crippen LogP contribution in [0.15, 0.2) is 65.2 Å². The summed E-state index contributed by atoms with van der Waals surface area (Å²) in [6.07, 6.45) is 0. The Balaban J connectivity index is 1.32. The van der Waals surface area contributed by atoms with Gasteiger partial charge >= 0.3 is 0 Å². The van der Waals surface area contributed by atoms with Crippen molar-refractivity contribution in [1.29, 1.82) is 0 Å². The number of piperazine rings is 1. The summed E-state index contributed by atoms with van der Waals surface area (Å²) in [5.74, 6) is 0.330. The molecule has 28 heavy (non-hydrogen) atoms. The quantitative estimate of drug-likeness (QED) is 0.654. The van der Waals surface area contributed by atoms with E-state index in [9.17, 15) is 4.79 Å². The summed E-state index contributed by atoms with van der Waals surface area (Å²) in [5, 5.41) is 4.56. The number of benzene rings is 2. The highest BCUT2D eigenvalue weighted by Gasteiger charge is 2.25. The smallest absolute Gasteiger partial charge is 0.292 e. The summed E-state index contributed by atoms with van der Waals surface area (Å²) in [6.45, 7) is 3.05. The molecule has 0 bridgehead atoms. The van der Waals surface area contributed by atoms with E-state index in [1.54, 1.807) is 11.0 Å². The first kappa shape index (κ1) is 18.4. The number of amides is 1. The number of aromatic nitrogens is 1. The van der Waals surface area contributed by atoms with Crippen molar-refractivity contribution in [3.63, 3.8) is 0 Å². The molecule has 0 saturated carbocycles. The summed E-state index contributed by atoms with van der Waals surface area (Å²) in [6, 6.07) is 19.1. The topological polar surface area (TPSA) is 58.8 Å². The third kappa shape index (κ3) is 4.28. The average molecular weight is 398 g/mol. The number of rotatable bonds is 5. The molecule has 1 aromatic heterocycles. The SMILES string of the molecule is O=C(c1cc(OCc2ccccc2)no1)N1CCN(c2cccc(Cl)c2)CC1. The second-order valence-electron chi connectivity index (χ2n) is 6.56. The molecular weight excluding hydrogens is 378 g/mol. The molecule has 0 spiro atoms. The van der Waals surface area contributed by atoms with Gasteiger partial charge in [0, 0.05) is 36.9 Å². The second-order valence-corrected chi connectivity index (χ2v) is 7.00. The van der Waals surface area contributed by atoms with Crippen molar-refractivity contribution in [1.82, 2.24) is 10.1 Å². The zero-order valence-corrected chi connectivity index (χ0v) is 16.0. The van der Waals surface area contributed by atoms with Crippen LogP contribution >= 0.6 is 11.6 Å². The van der Waals surface area contributed by atoms with Gasteiger partial charge in [-0.05, 0) is 28.9 Å². The second kappa shape index (κ2) is 8.35. The largest absolute Gasteiger partial charge is 0.471 e. The van der Waals surface area contributed by atoms with Crippen LogP contribution in [0.2, 0.25) is 5.02 Å². The number of hydrogen-bond donors (Lipinski definition) is 0. The molecule has 4 rings (SSSR count). The van der Waals surface area contributed by atoms with E-state index in [1.807, 2.05) is 54.6 Å². The van der Waals surface area contributed by atoms with Crippen molar-refractivity contribution >= 4 is 23.2 Å². The lowest BCUT2D eigenvalue weighted by Crippen LogP contribution is -2.48. The number of nitrogens with zero attached hydrogens (tertiary/aromatic N) is 3. The fourth-order valence-electron chi connectivity index (χ4n) is 3.16. The van der Waals surface area contributed by atoms with Crippen molar-refractivity contribution in [2.45, 2.75) is 6.61 Å². The van der Waals surface area contributed by atoms with Gasteiger partial charge in [-0.15, -0.1) is 0 Å². The average Bonchev–Trinajstić information content (AvgIpc) is 3.22. The van der Waals surface area contributed by atoms with Gasteiger partial charge in [0.05, 0.1) is 6.07 Å². The number of ether oxygens (including phenoxy) is 1. The van der Waals surface area contributed by atoms with Gasteiger partial charge in [-0.2, -0.15) is 0 Å². The summed E-state index contributed by atoms with van der Waals surface area (Å²) in [5.41, 5.74) is 2.09. The minimum atomic E-state index is -0.173. The van der Waals surface area contributed by atoms with E-state index in [4.69, 9.17) is 20.9 Å². The van der Waals surface area contributed by atoms with E-state index in [2.05, 4.69) is 10.1 Å². The molecule has 1 fully saturated rings. The molecule has 0 radical (unpaired) electrons. The highest BCUT2D eigenvalue weighted by Crippen LogP contribution is 2.22. The van der Waals surface area contributed by atoms with Gasteiger partial charge < -0.3 is 19.1 Å². The van der Waals surface area contributed by atoms with Crippen molar-refractivity contribution in [3.05, 3.63) is 77.0 Å². The zero-order valence-electron chi connectivity index (χ0n) is 15.3. The molecule has 0 N–H and O–H groups in total. The molecule has 0 unspecified atom stereocenters. The normalized spacial score (nSPS) is 14.2. The van der Waals surface area contributed by atoms with Crippen molar-refractivity contribution in [2.75, 3.05) is 31.1 Å². The minimum absolute atomic E-state index is 0.173. The lowest BCUT2D eigenvalue weighted by molar-refractivity contribution is 0.0704. The molecule has 144 valence electrons. The van der Waals surface area contributed by atoms with Gasteiger partial charge in [0.1, 0.15) is 6.61 Å². The van der Waals surface area contributed by atoms with E-state index in [1.165, 1.54) is 0 Å². The zero-order chi connectivity index (χ0) is 19.3. The van der Waals surface area contributed by atoms with Gasteiger partial charge in [-0.25, -0.2) is 0 Å². The predicted octanol–water partition coefficient (Wildman–Crippen LogP) is 3.87. The fraction of sp³-hybridized carbons (Fsp3) is 0.238. The highest BCUT2D eigenvalue weighted by molar-refractivity contribution is 6.30. The van der Waals surface area contributed by atoms with Crippen LogP contribution in [-0.2, 0) is 6.61 Å². The van der Waals surface area contributed by atoms with Crippen LogP contribution in [0, 0.1) is 0 Å². The first-order chi connectivity index (χ1) is 13.7. The predicted molar refractivity (Wildman–Crippen MR) is 107 cm³/mol. The molecule has 1 aliphatic heterocycles. The molecule has 6 nitrogen and oxygen atoms in total. The molecular formula is C21H20ClN3O3. The summed E-state index contributed by atoms with van der Waals surface area (Å²) < 4.78 is 10.8. The van der Waals surface area contributed by atoms with Gasteiger partial charge in [-0.3, -0.25) is 4.79 Å². The lowest BCUT2D eigenvalue weighted by atomic mass is 10.2. The molecule has 1 amide bonds. The van der Waals surface area contributed by atoms with Crippen LogP contribution in [0.5, 0.6) is 5.88 Å². The van der Waals surface area contributed by atoms with Crippen molar-refractivity contribution in [2.24, 2.45) is 0 Å². The molecule has 2 heterocycles. The number of hydrogen-bond acceptors (Lipinski definition) is 5. The van der Waals surface area contributed by atoms with Crippen LogP contribution in [0.25, 0.3) is 0 Å². The van der Waals surface area contributed by atoms with E-state index < -0.39 is 0 Å². The number of carbonyl (C=O) groups excluding carboxylic acids is 1. The monoisotopic (exact) mass is 397 g/mol. The van der Waals surface area contributed by atoms with Crippen molar-refractivity contribution < 1.29 is 14.1 Å². The Kier molecular flexibility index (Phi) is 5.48. The number of anilines is 1. The number of halogens is 1. The standard InChI is InChI=1S/C21H20ClN3O3/c22-17-7-4-8-18(13-17)24-9-11-25(12-10-24)21(26)19-14-20(23-28-19)27-15-16-5-2-1-3-6-16/h1-8,13-14H,9-12,15H2. The molecule has 0 aliphatic carbocycles. The molecule has 1 saturated heterocycles. The summed E-state index contributed by atoms with van der Waals surface area (Å²) in [7, 11) is 0. The Morgan fingerprint density at radius 3 is 2.57 bits per heavy atom. The maximum atomic E-state index is 12.7. The maximum absolute atomic E-state index is 12.7. The Morgan fingerprint density at radius 2 is 1.82 bits per heavy atom. The first-order valence-corrected chi connectivity index (χ1v) is 9.50. The third-order valence-electron chi connectivity index (χ3n) is 4.67. The molecule has 0 atom stereocenters. The van der Waals surface area contributed by atoms with Gasteiger partial charge in [0.25, 0.3) is 11.8 Å². The van der Waals surface area contributed by atoms with E-state index in [-0.39, 0.29) is 11.7 Å². The molecule has 7 heteroatoms. The van der Waals surface area contributed by atoms with Crippen LogP contribution < -0.4 is 9.64 Å². The van der Waals surface area contributed by atoms with Gasteiger partial charge in [-0.1, -0.05) is 48.0 Å². The summed E-state index contributed by atoms with van der Waals surface area (Å²) >= 11 is 6.07. The summed E-state index contributed by atoms with van der Waals surface area (Å²) in [4.78, 5) is 16.7. The van der Waals surface area contributed by atoms with Crippen molar-refractivity contribution in [3.8, 4) is 5.88 Å².